The first-order valence-corrected chi connectivity index (χ1v) is 16.7. The normalized spacial score (nSPS) is 31.4. The summed E-state index contributed by atoms with van der Waals surface area (Å²) < 4.78 is 72.2. The van der Waals surface area contributed by atoms with Crippen LogP contribution in [0.1, 0.15) is 27.0 Å². The minimum absolute atomic E-state index is 0.638. The Balaban J connectivity index is 1.51. The van der Waals surface area contributed by atoms with Crippen molar-refractivity contribution in [3.05, 3.63) is 43.5 Å². The summed E-state index contributed by atoms with van der Waals surface area (Å²) in [5.74, 6) is -2.76. The number of azide groups is 1. The summed E-state index contributed by atoms with van der Waals surface area (Å²) in [7, 11) is -11.4. The summed E-state index contributed by atoms with van der Waals surface area (Å²) >= 11 is 0. The summed E-state index contributed by atoms with van der Waals surface area (Å²) in [4.78, 5) is 96.6. The van der Waals surface area contributed by atoms with Crippen molar-refractivity contribution in [3.8, 4) is 0 Å². The number of aromatic amines is 1. The van der Waals surface area contributed by atoms with Crippen LogP contribution in [0.25, 0.3) is 10.4 Å². The van der Waals surface area contributed by atoms with Gasteiger partial charge < -0.3 is 43.5 Å². The second-order valence-electron chi connectivity index (χ2n) is 10.2. The maximum Gasteiger partial charge on any atom is 0.509 e. The third-order valence-electron chi connectivity index (χ3n) is 6.67. The van der Waals surface area contributed by atoms with Crippen molar-refractivity contribution in [2.75, 3.05) is 13.2 Å². The number of amides is 1. The van der Waals surface area contributed by atoms with Gasteiger partial charge in [-0.3, -0.25) is 37.8 Å². The highest BCUT2D eigenvalue weighted by Crippen LogP contribution is 2.61. The minimum atomic E-state index is -5.78. The van der Waals surface area contributed by atoms with Crippen molar-refractivity contribution in [1.29, 1.82) is 0 Å². The molecule has 49 heavy (non-hydrogen) atoms. The van der Waals surface area contributed by atoms with Gasteiger partial charge in [0.15, 0.2) is 36.9 Å². The van der Waals surface area contributed by atoms with Crippen molar-refractivity contribution >= 4 is 39.6 Å². The minimum Gasteiger partial charge on any atom is -0.456 e. The molecule has 0 aliphatic carbocycles. The highest BCUT2D eigenvalue weighted by atomic mass is 31.3. The zero-order valence-electron chi connectivity index (χ0n) is 25.3. The highest BCUT2D eigenvalue weighted by Gasteiger charge is 2.57. The van der Waals surface area contributed by atoms with E-state index in [1.54, 1.807) is 0 Å². The predicted molar refractivity (Wildman–Crippen MR) is 150 cm³/mol. The molecule has 1 aromatic rings. The lowest BCUT2D eigenvalue weighted by molar-refractivity contribution is -0.250. The number of hydrogen-bond donors (Lipinski definition) is 4. The molecule has 10 unspecified atom stereocenters. The molecule has 270 valence electrons. The molecule has 27 heteroatoms. The molecule has 3 aliphatic heterocycles. The van der Waals surface area contributed by atoms with E-state index in [4.69, 9.17) is 43.0 Å². The molecule has 4 heterocycles. The van der Waals surface area contributed by atoms with E-state index in [-0.39, 0.29) is 0 Å². The maximum atomic E-state index is 13.0. The van der Waals surface area contributed by atoms with Gasteiger partial charge in [-0.25, -0.2) is 18.7 Å². The lowest BCUT2D eigenvalue weighted by Gasteiger charge is -2.44. The number of ether oxygens (including phenoxy) is 6. The molecule has 11 atom stereocenters. The van der Waals surface area contributed by atoms with Crippen LogP contribution in [0.5, 0.6) is 0 Å². The predicted octanol–water partition coefficient (Wildman–Crippen LogP) is -1.01. The van der Waals surface area contributed by atoms with Gasteiger partial charge in [0.25, 0.3) is 5.56 Å². The Kier molecular flexibility index (Phi) is 11.7. The van der Waals surface area contributed by atoms with Crippen LogP contribution in [0.15, 0.2) is 27.0 Å². The number of hydrogen-bond acceptors (Lipinski definition) is 18. The standard InChI is InChI=1S/C22H28N6O19P2/c1-8(29)25-14-17(41-10(3)31)15(40-9(2)30)11(6-24-27-23)43-20(14)46-49(37,38)47-48(35,36)39-7-12-16-18(45-22(34)44-16)19(42-12)28-5-4-13(32)26-21(28)33/h4-5,11-12,14-20H,6-7H2,1-3H3,(H,25,29)(H,35,36)(H,37,38)(H,26,32,33)/t11?,12?,14?,15?,16?,17?,18?,19-,20?/m1/s1. The van der Waals surface area contributed by atoms with Crippen molar-refractivity contribution < 1.29 is 79.9 Å². The molecule has 4 N–H and O–H groups in total. The van der Waals surface area contributed by atoms with Gasteiger partial charge in [-0.1, -0.05) is 5.11 Å². The smallest absolute Gasteiger partial charge is 0.456 e. The molecule has 1 aromatic heterocycles. The Labute approximate surface area is 272 Å². The fourth-order valence-electron chi connectivity index (χ4n) is 4.99. The number of aromatic nitrogens is 2. The van der Waals surface area contributed by atoms with Crippen LogP contribution in [0.3, 0.4) is 0 Å². The second-order valence-corrected chi connectivity index (χ2v) is 13.2. The van der Waals surface area contributed by atoms with Gasteiger partial charge in [-0.05, 0) is 5.53 Å². The quantitative estimate of drug-likeness (QED) is 0.0470. The van der Waals surface area contributed by atoms with E-state index in [9.17, 15) is 47.7 Å². The van der Waals surface area contributed by atoms with Gasteiger partial charge in [0, 0.05) is 37.9 Å². The van der Waals surface area contributed by atoms with Gasteiger partial charge >= 0.3 is 39.4 Å². The number of carbonyl (C=O) groups excluding carboxylic acids is 4. The zero-order chi connectivity index (χ0) is 36.3. The van der Waals surface area contributed by atoms with E-state index in [1.165, 1.54) is 0 Å². The second kappa shape index (κ2) is 15.2. The zero-order valence-corrected chi connectivity index (χ0v) is 27.1. The summed E-state index contributed by atoms with van der Waals surface area (Å²) in [6.07, 6.45) is -12.6. The van der Waals surface area contributed by atoms with Crippen LogP contribution in [-0.2, 0) is 65.3 Å². The van der Waals surface area contributed by atoms with E-state index in [1.807, 2.05) is 4.98 Å². The maximum absolute atomic E-state index is 13.0. The molecule has 3 aliphatic rings. The number of carbonyl (C=O) groups is 4. The molecule has 4 rings (SSSR count). The first kappa shape index (κ1) is 37.7. The third kappa shape index (κ3) is 9.51. The van der Waals surface area contributed by atoms with Gasteiger partial charge in [0.05, 0.1) is 13.2 Å². The number of phosphoric ester groups is 2. The van der Waals surface area contributed by atoms with Crippen LogP contribution in [0.4, 0.5) is 4.79 Å². The van der Waals surface area contributed by atoms with Crippen LogP contribution < -0.4 is 16.6 Å². The number of nitrogens with zero attached hydrogens (tertiary/aromatic N) is 4. The average Bonchev–Trinajstić information content (AvgIpc) is 3.50. The molecule has 3 saturated heterocycles. The average molecular weight is 742 g/mol. The van der Waals surface area contributed by atoms with Crippen molar-refractivity contribution in [2.24, 2.45) is 5.11 Å². The lowest BCUT2D eigenvalue weighted by Crippen LogP contribution is -2.66. The molecule has 0 spiro atoms. The van der Waals surface area contributed by atoms with Gasteiger partial charge in [-0.15, -0.1) is 0 Å². The number of nitrogens with one attached hydrogen (secondary N) is 2. The van der Waals surface area contributed by atoms with Gasteiger partial charge in [0.2, 0.25) is 5.91 Å². The lowest BCUT2D eigenvalue weighted by atomic mass is 9.96. The Morgan fingerprint density at radius 3 is 2.29 bits per heavy atom. The Bertz CT molecular complexity index is 1730. The van der Waals surface area contributed by atoms with Crippen molar-refractivity contribution in [3.63, 3.8) is 0 Å². The van der Waals surface area contributed by atoms with E-state index >= 15 is 0 Å². The first-order valence-electron chi connectivity index (χ1n) is 13.7. The molecule has 3 fully saturated rings. The fraction of sp³-hybridized carbons (Fsp3) is 0.636. The molecular formula is C22H28N6O19P2. The number of rotatable bonds is 13. The topological polar surface area (TPSA) is 342 Å². The summed E-state index contributed by atoms with van der Waals surface area (Å²) in [6, 6.07) is -0.781. The summed E-state index contributed by atoms with van der Waals surface area (Å²) in [5, 5.41) is 5.53. The van der Waals surface area contributed by atoms with Crippen LogP contribution in [0.2, 0.25) is 0 Å². The van der Waals surface area contributed by atoms with E-state index in [2.05, 4.69) is 19.7 Å². The summed E-state index contributed by atoms with van der Waals surface area (Å²) in [6.45, 7) is 1.28. The highest BCUT2D eigenvalue weighted by molar-refractivity contribution is 7.61. The molecule has 0 aromatic carbocycles. The number of phosphoric acid groups is 2. The number of esters is 2. The van der Waals surface area contributed by atoms with Crippen molar-refractivity contribution in [2.45, 2.75) is 76.0 Å². The number of H-pyrrole nitrogens is 1. The van der Waals surface area contributed by atoms with Gasteiger partial charge in [-0.2, -0.15) is 4.31 Å². The van der Waals surface area contributed by atoms with Gasteiger partial charge in [0.1, 0.15) is 18.2 Å². The first-order chi connectivity index (χ1) is 22.9. The summed E-state index contributed by atoms with van der Waals surface area (Å²) in [5.41, 5.74) is 7.08. The molecule has 0 saturated carbocycles. The fourth-order valence-corrected chi connectivity index (χ4v) is 7.16. The van der Waals surface area contributed by atoms with E-state index in [0.29, 0.717) is 0 Å². The molecular weight excluding hydrogens is 714 g/mol. The SMILES string of the molecule is CC(=O)NC1C(OP(=O)(O)OP(=O)(O)OCC2O[C@@H](n3ccc(=O)[nH]c3=O)C3OC(=O)OC23)OC(CN=[N+]=[N-])C(OC(C)=O)C1OC(C)=O. The van der Waals surface area contributed by atoms with Crippen LogP contribution >= 0.6 is 15.6 Å². The Hall–Kier alpha value is -4.15. The Morgan fingerprint density at radius 2 is 1.67 bits per heavy atom. The molecule has 1 amide bonds. The third-order valence-corrected chi connectivity index (χ3v) is 9.27. The Morgan fingerprint density at radius 1 is 1.02 bits per heavy atom. The largest absolute Gasteiger partial charge is 0.509 e. The van der Waals surface area contributed by atoms with E-state index < -0.39 is 119 Å². The molecule has 0 radical (unpaired) electrons. The monoisotopic (exact) mass is 742 g/mol. The molecule has 0 bridgehead atoms. The van der Waals surface area contributed by atoms with E-state index in [0.717, 1.165) is 37.6 Å². The molecule has 25 nitrogen and oxygen atoms in total. The van der Waals surface area contributed by atoms with Crippen molar-refractivity contribution in [1.82, 2.24) is 14.9 Å². The van der Waals surface area contributed by atoms with Crippen LogP contribution in [-0.4, -0.2) is 105 Å². The van der Waals surface area contributed by atoms with Crippen LogP contribution in [0, 0.1) is 0 Å². The number of fused-ring (bicyclic) bond motifs is 1.